The molecule has 2 amide bonds. The lowest BCUT2D eigenvalue weighted by Gasteiger charge is -2.33. The average Bonchev–Trinajstić information content (AvgIpc) is 2.79. The van der Waals surface area contributed by atoms with E-state index >= 15 is 0 Å². The largest absolute Gasteiger partial charge is 0.351 e. The lowest BCUT2D eigenvalue weighted by atomic mass is 10.0. The highest BCUT2D eigenvalue weighted by Gasteiger charge is 2.26. The Labute approximate surface area is 187 Å². The summed E-state index contributed by atoms with van der Waals surface area (Å²) in [6, 6.07) is 14.3. The highest BCUT2D eigenvalue weighted by molar-refractivity contribution is 5.94. The molecule has 1 fully saturated rings. The molecule has 0 radical (unpaired) electrons. The summed E-state index contributed by atoms with van der Waals surface area (Å²) in [6.07, 6.45) is 1.72. The number of fused-ring (bicyclic) bond motifs is 1. The molecule has 1 unspecified atom stereocenters. The van der Waals surface area contributed by atoms with Gasteiger partial charge in [0, 0.05) is 30.6 Å². The lowest BCUT2D eigenvalue weighted by molar-refractivity contribution is -0.125. The van der Waals surface area contributed by atoms with E-state index < -0.39 is 0 Å². The topological polar surface area (TPSA) is 84.3 Å². The van der Waals surface area contributed by atoms with Crippen LogP contribution in [0.1, 0.15) is 42.9 Å². The molecule has 1 aliphatic rings. The Balaban J connectivity index is 1.54. The lowest BCUT2D eigenvalue weighted by Crippen LogP contribution is -2.50. The van der Waals surface area contributed by atoms with Crippen molar-refractivity contribution in [2.45, 2.75) is 39.7 Å². The van der Waals surface area contributed by atoms with Gasteiger partial charge in [0.05, 0.1) is 16.6 Å². The molecule has 3 aromatic rings. The van der Waals surface area contributed by atoms with E-state index in [0.29, 0.717) is 41.1 Å². The second-order valence-electron chi connectivity index (χ2n) is 8.62. The number of nitrogens with zero attached hydrogens (tertiary/aromatic N) is 3. The predicted octanol–water partition coefficient (Wildman–Crippen LogP) is 3.07. The van der Waals surface area contributed by atoms with Gasteiger partial charge < -0.3 is 10.2 Å². The van der Waals surface area contributed by atoms with Gasteiger partial charge in [0.1, 0.15) is 5.82 Å². The van der Waals surface area contributed by atoms with E-state index in [1.54, 1.807) is 46.7 Å². The van der Waals surface area contributed by atoms with Gasteiger partial charge in [-0.3, -0.25) is 19.0 Å². The summed E-state index contributed by atoms with van der Waals surface area (Å²) in [5, 5.41) is 3.59. The van der Waals surface area contributed by atoms with E-state index in [9.17, 15) is 14.4 Å². The first-order valence-corrected chi connectivity index (χ1v) is 11.0. The Morgan fingerprint density at radius 3 is 2.53 bits per heavy atom. The monoisotopic (exact) mass is 432 g/mol. The first-order chi connectivity index (χ1) is 15.3. The average molecular weight is 433 g/mol. The van der Waals surface area contributed by atoms with Gasteiger partial charge in [-0.05, 0) is 56.2 Å². The van der Waals surface area contributed by atoms with Crippen molar-refractivity contribution in [3.8, 4) is 5.69 Å². The number of para-hydroxylation sites is 1. The van der Waals surface area contributed by atoms with Crippen LogP contribution in [0.15, 0.2) is 53.3 Å². The van der Waals surface area contributed by atoms with Gasteiger partial charge in [0.25, 0.3) is 11.5 Å². The number of carbonyl (C=O) groups excluding carboxylic acids is 2. The Hall–Kier alpha value is -3.48. The van der Waals surface area contributed by atoms with Crippen molar-refractivity contribution >= 4 is 22.7 Å². The molecule has 1 N–H and O–H groups in total. The number of rotatable bonds is 4. The molecule has 7 heteroatoms. The van der Waals surface area contributed by atoms with Crippen LogP contribution in [0.2, 0.25) is 0 Å². The molecule has 0 spiro atoms. The highest BCUT2D eigenvalue weighted by Crippen LogP contribution is 2.17. The zero-order valence-corrected chi connectivity index (χ0v) is 18.7. The number of carbonyl (C=O) groups is 2. The molecule has 32 heavy (non-hydrogen) atoms. The van der Waals surface area contributed by atoms with Gasteiger partial charge in [-0.15, -0.1) is 0 Å². The fourth-order valence-electron chi connectivity index (χ4n) is 4.13. The van der Waals surface area contributed by atoms with E-state index in [1.165, 1.54) is 0 Å². The van der Waals surface area contributed by atoms with Crippen LogP contribution in [0, 0.1) is 12.8 Å². The first kappa shape index (κ1) is 21.7. The molecule has 1 aromatic heterocycles. The number of amides is 2. The van der Waals surface area contributed by atoms with Crippen LogP contribution in [0.25, 0.3) is 16.6 Å². The highest BCUT2D eigenvalue weighted by atomic mass is 16.2. The number of aromatic nitrogens is 2. The van der Waals surface area contributed by atoms with Crippen molar-refractivity contribution < 1.29 is 9.59 Å². The maximum Gasteiger partial charge on any atom is 0.265 e. The van der Waals surface area contributed by atoms with Crippen LogP contribution in [-0.2, 0) is 4.79 Å². The zero-order chi connectivity index (χ0) is 22.8. The number of nitrogens with one attached hydrogen (secondary N) is 1. The van der Waals surface area contributed by atoms with E-state index in [2.05, 4.69) is 10.3 Å². The standard InChI is InChI=1S/C25H28N4O3/c1-16(2)23(30)27-19-7-6-14-28(15-19)24(31)18-10-12-20(13-11-18)29-17(3)26-22-9-5-4-8-21(22)25(29)32/h4-5,8-13,16,19H,6-7,14-15H2,1-3H3,(H,27,30). The normalized spacial score (nSPS) is 16.4. The molecule has 2 heterocycles. The minimum atomic E-state index is -0.132. The molecule has 7 nitrogen and oxygen atoms in total. The third-order valence-electron chi connectivity index (χ3n) is 5.90. The number of likely N-dealkylation sites (tertiary alicyclic amines) is 1. The van der Waals surface area contributed by atoms with Crippen molar-refractivity contribution in [2.75, 3.05) is 13.1 Å². The molecule has 0 bridgehead atoms. The SMILES string of the molecule is Cc1nc2ccccc2c(=O)n1-c1ccc(C(=O)N2CCCC(NC(=O)C(C)C)C2)cc1. The third kappa shape index (κ3) is 4.28. The molecular formula is C25H28N4O3. The number of aryl methyl sites for hydroxylation is 1. The fraction of sp³-hybridized carbons (Fsp3) is 0.360. The minimum absolute atomic E-state index is 0.0125. The van der Waals surface area contributed by atoms with Gasteiger partial charge in [-0.2, -0.15) is 0 Å². The summed E-state index contributed by atoms with van der Waals surface area (Å²) in [7, 11) is 0. The summed E-state index contributed by atoms with van der Waals surface area (Å²) < 4.78 is 1.56. The number of piperidine rings is 1. The smallest absolute Gasteiger partial charge is 0.265 e. The molecule has 0 saturated carbocycles. The number of benzene rings is 2. The van der Waals surface area contributed by atoms with Gasteiger partial charge >= 0.3 is 0 Å². The van der Waals surface area contributed by atoms with Crippen molar-refractivity contribution in [1.82, 2.24) is 19.8 Å². The van der Waals surface area contributed by atoms with Crippen LogP contribution in [0.4, 0.5) is 0 Å². The van der Waals surface area contributed by atoms with Crippen molar-refractivity contribution in [1.29, 1.82) is 0 Å². The number of hydrogen-bond donors (Lipinski definition) is 1. The summed E-state index contributed by atoms with van der Waals surface area (Å²) in [5.74, 6) is 0.455. The molecular weight excluding hydrogens is 404 g/mol. The van der Waals surface area contributed by atoms with Crippen molar-refractivity contribution in [3.63, 3.8) is 0 Å². The van der Waals surface area contributed by atoms with Gasteiger partial charge in [0.15, 0.2) is 0 Å². The minimum Gasteiger partial charge on any atom is -0.351 e. The van der Waals surface area contributed by atoms with Gasteiger partial charge in [-0.25, -0.2) is 4.98 Å². The molecule has 166 valence electrons. The molecule has 1 atom stereocenters. The molecule has 4 rings (SSSR count). The maximum absolute atomic E-state index is 13.1. The van der Waals surface area contributed by atoms with E-state index in [0.717, 1.165) is 12.8 Å². The van der Waals surface area contributed by atoms with Crippen molar-refractivity contribution in [3.05, 3.63) is 70.3 Å². The summed E-state index contributed by atoms with van der Waals surface area (Å²) in [5.41, 5.74) is 1.77. The first-order valence-electron chi connectivity index (χ1n) is 11.0. The Kier molecular flexibility index (Phi) is 6.08. The van der Waals surface area contributed by atoms with Crippen LogP contribution in [0.5, 0.6) is 0 Å². The fourth-order valence-corrected chi connectivity index (χ4v) is 4.13. The predicted molar refractivity (Wildman–Crippen MR) is 124 cm³/mol. The Morgan fingerprint density at radius 2 is 1.81 bits per heavy atom. The number of hydrogen-bond acceptors (Lipinski definition) is 4. The molecule has 2 aromatic carbocycles. The van der Waals surface area contributed by atoms with Crippen LogP contribution in [-0.4, -0.2) is 45.4 Å². The maximum atomic E-state index is 13.1. The van der Waals surface area contributed by atoms with Crippen LogP contribution >= 0.6 is 0 Å². The summed E-state index contributed by atoms with van der Waals surface area (Å²) >= 11 is 0. The molecule has 0 aliphatic carbocycles. The van der Waals surface area contributed by atoms with Crippen LogP contribution < -0.4 is 10.9 Å². The summed E-state index contributed by atoms with van der Waals surface area (Å²) in [6.45, 7) is 6.70. The third-order valence-corrected chi connectivity index (χ3v) is 5.90. The molecule has 1 saturated heterocycles. The second kappa shape index (κ2) is 8.94. The van der Waals surface area contributed by atoms with Gasteiger partial charge in [0.2, 0.25) is 5.91 Å². The Morgan fingerprint density at radius 1 is 1.09 bits per heavy atom. The molecule has 1 aliphatic heterocycles. The van der Waals surface area contributed by atoms with Gasteiger partial charge in [-0.1, -0.05) is 26.0 Å². The van der Waals surface area contributed by atoms with E-state index in [-0.39, 0.29) is 29.3 Å². The second-order valence-corrected chi connectivity index (χ2v) is 8.62. The zero-order valence-electron chi connectivity index (χ0n) is 18.7. The van der Waals surface area contributed by atoms with Crippen LogP contribution in [0.3, 0.4) is 0 Å². The summed E-state index contributed by atoms with van der Waals surface area (Å²) in [4.78, 5) is 44.4. The quantitative estimate of drug-likeness (QED) is 0.687. The van der Waals surface area contributed by atoms with E-state index in [4.69, 9.17) is 0 Å². The Bertz CT molecular complexity index is 1210. The van der Waals surface area contributed by atoms with Crippen molar-refractivity contribution in [2.24, 2.45) is 5.92 Å². The van der Waals surface area contributed by atoms with E-state index in [1.807, 2.05) is 32.0 Å².